The first-order valence-corrected chi connectivity index (χ1v) is 4.81. The van der Waals surface area contributed by atoms with Gasteiger partial charge in [0.05, 0.1) is 7.11 Å². The van der Waals surface area contributed by atoms with Crippen LogP contribution in [0, 0.1) is 0 Å². The molecule has 0 fully saturated rings. The van der Waals surface area contributed by atoms with E-state index in [1.54, 1.807) is 7.11 Å². The third kappa shape index (κ3) is 1.68. The quantitative estimate of drug-likeness (QED) is 0.783. The summed E-state index contributed by atoms with van der Waals surface area (Å²) in [6, 6.07) is 6.00. The summed E-state index contributed by atoms with van der Waals surface area (Å²) in [5, 5.41) is 3.12. The summed E-state index contributed by atoms with van der Waals surface area (Å²) in [5.74, 6) is 1.82. The van der Waals surface area contributed by atoms with E-state index in [2.05, 4.69) is 11.4 Å². The molecule has 1 aliphatic rings. The van der Waals surface area contributed by atoms with Crippen molar-refractivity contribution in [3.8, 4) is 11.5 Å². The minimum atomic E-state index is 0.266. The molecule has 2 rings (SSSR count). The average Bonchev–Trinajstić information content (AvgIpc) is 2.59. The van der Waals surface area contributed by atoms with Crippen molar-refractivity contribution in [1.29, 1.82) is 0 Å². The highest BCUT2D eigenvalue weighted by Gasteiger charge is 2.22. The number of methoxy groups -OCH3 is 1. The van der Waals surface area contributed by atoms with Gasteiger partial charge in [-0.1, -0.05) is 6.07 Å². The summed E-state index contributed by atoms with van der Waals surface area (Å²) < 4.78 is 10.9. The van der Waals surface area contributed by atoms with Crippen LogP contribution in [0.15, 0.2) is 18.2 Å². The molecule has 3 heteroatoms. The molecular formula is C11H15NO2. The van der Waals surface area contributed by atoms with Crippen LogP contribution in [-0.2, 0) is 6.42 Å². The van der Waals surface area contributed by atoms with Crippen LogP contribution in [0.4, 0.5) is 0 Å². The Kier molecular flexibility index (Phi) is 2.59. The van der Waals surface area contributed by atoms with Crippen LogP contribution in [0.2, 0.25) is 0 Å². The summed E-state index contributed by atoms with van der Waals surface area (Å²) >= 11 is 0. The second-order valence-corrected chi connectivity index (χ2v) is 3.48. The predicted molar refractivity (Wildman–Crippen MR) is 55.0 cm³/mol. The molecule has 0 saturated heterocycles. The normalized spacial score (nSPS) is 18.9. The van der Waals surface area contributed by atoms with E-state index in [-0.39, 0.29) is 6.10 Å². The van der Waals surface area contributed by atoms with Gasteiger partial charge in [-0.15, -0.1) is 0 Å². The minimum absolute atomic E-state index is 0.266. The number of rotatable bonds is 3. The van der Waals surface area contributed by atoms with Gasteiger partial charge in [-0.25, -0.2) is 0 Å². The number of nitrogens with one attached hydrogen (secondary N) is 1. The van der Waals surface area contributed by atoms with Gasteiger partial charge in [-0.3, -0.25) is 0 Å². The maximum Gasteiger partial charge on any atom is 0.126 e. The molecule has 1 aromatic carbocycles. The highest BCUT2D eigenvalue weighted by Crippen LogP contribution is 2.31. The van der Waals surface area contributed by atoms with Crippen LogP contribution in [0.1, 0.15) is 5.56 Å². The van der Waals surface area contributed by atoms with Gasteiger partial charge in [0.15, 0.2) is 0 Å². The van der Waals surface area contributed by atoms with Gasteiger partial charge >= 0.3 is 0 Å². The van der Waals surface area contributed by atoms with Gasteiger partial charge in [-0.2, -0.15) is 0 Å². The Morgan fingerprint density at radius 2 is 2.43 bits per heavy atom. The number of benzene rings is 1. The Hall–Kier alpha value is -1.22. The Balaban J connectivity index is 2.14. The summed E-state index contributed by atoms with van der Waals surface area (Å²) in [7, 11) is 3.61. The molecule has 14 heavy (non-hydrogen) atoms. The molecule has 0 bridgehead atoms. The summed E-state index contributed by atoms with van der Waals surface area (Å²) in [5.41, 5.74) is 1.27. The molecule has 0 aliphatic carbocycles. The van der Waals surface area contributed by atoms with E-state index in [9.17, 15) is 0 Å². The fourth-order valence-corrected chi connectivity index (χ4v) is 1.75. The maximum absolute atomic E-state index is 5.75. The molecule has 1 atom stereocenters. The van der Waals surface area contributed by atoms with E-state index < -0.39 is 0 Å². The summed E-state index contributed by atoms with van der Waals surface area (Å²) in [6.45, 7) is 0.886. The standard InChI is InChI=1S/C11H15NO2/c1-12-7-10-5-8-3-4-9(13-2)6-11(8)14-10/h3-4,6,10,12H,5,7H2,1-2H3. The monoisotopic (exact) mass is 193 g/mol. The highest BCUT2D eigenvalue weighted by molar-refractivity contribution is 5.43. The Morgan fingerprint density at radius 3 is 3.14 bits per heavy atom. The Labute approximate surface area is 84.0 Å². The van der Waals surface area contributed by atoms with Gasteiger partial charge in [0.25, 0.3) is 0 Å². The van der Waals surface area contributed by atoms with E-state index in [1.165, 1.54) is 5.56 Å². The van der Waals surface area contributed by atoms with Crippen molar-refractivity contribution < 1.29 is 9.47 Å². The second-order valence-electron chi connectivity index (χ2n) is 3.48. The van der Waals surface area contributed by atoms with Gasteiger partial charge in [0.2, 0.25) is 0 Å². The van der Waals surface area contributed by atoms with E-state index in [4.69, 9.17) is 9.47 Å². The van der Waals surface area contributed by atoms with Crippen molar-refractivity contribution in [1.82, 2.24) is 5.32 Å². The third-order valence-electron chi connectivity index (χ3n) is 2.45. The zero-order valence-corrected chi connectivity index (χ0v) is 8.54. The second kappa shape index (κ2) is 3.88. The van der Waals surface area contributed by atoms with Crippen molar-refractivity contribution in [2.75, 3.05) is 20.7 Å². The van der Waals surface area contributed by atoms with Crippen molar-refractivity contribution in [3.63, 3.8) is 0 Å². The van der Waals surface area contributed by atoms with Gasteiger partial charge in [0.1, 0.15) is 17.6 Å². The lowest BCUT2D eigenvalue weighted by Crippen LogP contribution is -2.27. The molecule has 3 nitrogen and oxygen atoms in total. The molecule has 76 valence electrons. The number of fused-ring (bicyclic) bond motifs is 1. The summed E-state index contributed by atoms with van der Waals surface area (Å²) in [4.78, 5) is 0. The third-order valence-corrected chi connectivity index (χ3v) is 2.45. The molecule has 0 aromatic heterocycles. The molecule has 1 aliphatic heterocycles. The van der Waals surface area contributed by atoms with E-state index in [0.29, 0.717) is 0 Å². The first-order chi connectivity index (χ1) is 6.83. The number of ether oxygens (including phenoxy) is 2. The van der Waals surface area contributed by atoms with Crippen LogP contribution in [0.25, 0.3) is 0 Å². The zero-order chi connectivity index (χ0) is 9.97. The molecule has 1 aromatic rings. The van der Waals surface area contributed by atoms with Crippen molar-refractivity contribution in [3.05, 3.63) is 23.8 Å². The average molecular weight is 193 g/mol. The smallest absolute Gasteiger partial charge is 0.126 e. The molecule has 0 spiro atoms. The fourth-order valence-electron chi connectivity index (χ4n) is 1.75. The Bertz CT molecular complexity index is 325. The first-order valence-electron chi connectivity index (χ1n) is 4.81. The number of hydrogen-bond acceptors (Lipinski definition) is 3. The lowest BCUT2D eigenvalue weighted by molar-refractivity contribution is 0.230. The molecule has 0 amide bonds. The molecular weight excluding hydrogens is 178 g/mol. The molecule has 1 unspecified atom stereocenters. The van der Waals surface area contributed by atoms with Crippen molar-refractivity contribution in [2.24, 2.45) is 0 Å². The van der Waals surface area contributed by atoms with Crippen molar-refractivity contribution in [2.45, 2.75) is 12.5 Å². The van der Waals surface area contributed by atoms with Gasteiger partial charge in [0, 0.05) is 19.0 Å². The fraction of sp³-hybridized carbons (Fsp3) is 0.455. The topological polar surface area (TPSA) is 30.5 Å². The molecule has 1 N–H and O–H groups in total. The number of likely N-dealkylation sites (N-methyl/N-ethyl adjacent to an activating group) is 1. The minimum Gasteiger partial charge on any atom is -0.497 e. The largest absolute Gasteiger partial charge is 0.497 e. The van der Waals surface area contributed by atoms with Crippen LogP contribution in [0.3, 0.4) is 0 Å². The first kappa shape index (κ1) is 9.34. The van der Waals surface area contributed by atoms with Crippen LogP contribution in [0.5, 0.6) is 11.5 Å². The lowest BCUT2D eigenvalue weighted by atomic mass is 10.1. The zero-order valence-electron chi connectivity index (χ0n) is 8.54. The van der Waals surface area contributed by atoms with Gasteiger partial charge in [-0.05, 0) is 18.7 Å². The maximum atomic E-state index is 5.75. The van der Waals surface area contributed by atoms with Crippen LogP contribution in [-0.4, -0.2) is 26.8 Å². The van der Waals surface area contributed by atoms with Gasteiger partial charge < -0.3 is 14.8 Å². The highest BCUT2D eigenvalue weighted by atomic mass is 16.5. The van der Waals surface area contributed by atoms with E-state index >= 15 is 0 Å². The van der Waals surface area contributed by atoms with Crippen LogP contribution >= 0.6 is 0 Å². The predicted octanol–water partition coefficient (Wildman–Crippen LogP) is 1.22. The lowest BCUT2D eigenvalue weighted by Gasteiger charge is -2.09. The molecule has 0 saturated carbocycles. The van der Waals surface area contributed by atoms with Crippen LogP contribution < -0.4 is 14.8 Å². The number of hydrogen-bond donors (Lipinski definition) is 1. The van der Waals surface area contributed by atoms with Crippen molar-refractivity contribution >= 4 is 0 Å². The van der Waals surface area contributed by atoms with E-state index in [0.717, 1.165) is 24.5 Å². The molecule has 1 heterocycles. The van der Waals surface area contributed by atoms with E-state index in [1.807, 2.05) is 19.2 Å². The molecule has 0 radical (unpaired) electrons. The SMILES string of the molecule is CNCC1Cc2ccc(OC)cc2O1. The Morgan fingerprint density at radius 1 is 1.57 bits per heavy atom. The summed E-state index contributed by atoms with van der Waals surface area (Å²) in [6.07, 6.45) is 1.25.